The Bertz CT molecular complexity index is 1010. The molecule has 1 atom stereocenters. The van der Waals surface area contributed by atoms with Crippen molar-refractivity contribution in [2.24, 2.45) is 7.05 Å². The molecule has 3 heterocycles. The smallest absolute Gasteiger partial charge is 0.255 e. The van der Waals surface area contributed by atoms with E-state index in [1.165, 1.54) is 16.7 Å². The van der Waals surface area contributed by atoms with Crippen molar-refractivity contribution in [3.8, 4) is 11.3 Å². The van der Waals surface area contributed by atoms with Gasteiger partial charge in [0.15, 0.2) is 0 Å². The molecule has 6 nitrogen and oxygen atoms in total. The Labute approximate surface area is 168 Å². The van der Waals surface area contributed by atoms with E-state index in [9.17, 15) is 9.18 Å². The van der Waals surface area contributed by atoms with Crippen LogP contribution >= 0.6 is 12.4 Å². The Morgan fingerprint density at radius 2 is 1.93 bits per heavy atom. The van der Waals surface area contributed by atoms with Crippen LogP contribution in [0.25, 0.3) is 11.3 Å². The standard InChI is InChI=1S/C20H19FN4O2.ClH/c1-24-19(26)12-17(14-6-8-22-9-7-14)23-20(24)25-10-11-27-18(13-25)15-4-2-3-5-16(15)21;/h2-9,12,18H,10-11,13H2,1H3;1H/t18-;/m0./s1. The van der Waals surface area contributed by atoms with E-state index in [4.69, 9.17) is 4.74 Å². The van der Waals surface area contributed by atoms with Crippen LogP contribution < -0.4 is 10.5 Å². The number of pyridine rings is 1. The van der Waals surface area contributed by atoms with Crippen LogP contribution in [-0.2, 0) is 11.8 Å². The Morgan fingerprint density at radius 3 is 2.68 bits per heavy atom. The zero-order valence-electron chi connectivity index (χ0n) is 15.3. The fourth-order valence-electron chi connectivity index (χ4n) is 3.24. The van der Waals surface area contributed by atoms with Gasteiger partial charge in [0.1, 0.15) is 11.9 Å². The van der Waals surface area contributed by atoms with Crippen LogP contribution in [0.1, 0.15) is 11.7 Å². The van der Waals surface area contributed by atoms with Crippen molar-refractivity contribution in [2.45, 2.75) is 6.10 Å². The van der Waals surface area contributed by atoms with Gasteiger partial charge in [0.05, 0.1) is 18.8 Å². The number of anilines is 1. The summed E-state index contributed by atoms with van der Waals surface area (Å²) in [6, 6.07) is 11.7. The van der Waals surface area contributed by atoms with Crippen molar-refractivity contribution in [1.82, 2.24) is 14.5 Å². The average Bonchev–Trinajstić information content (AvgIpc) is 2.71. The number of aromatic nitrogens is 3. The fourth-order valence-corrected chi connectivity index (χ4v) is 3.24. The van der Waals surface area contributed by atoms with Gasteiger partial charge in [0.25, 0.3) is 5.56 Å². The summed E-state index contributed by atoms with van der Waals surface area (Å²) in [5, 5.41) is 0. The Balaban J connectivity index is 0.00000225. The second kappa shape index (κ2) is 8.50. The summed E-state index contributed by atoms with van der Waals surface area (Å²) in [7, 11) is 1.69. The molecule has 2 aromatic heterocycles. The highest BCUT2D eigenvalue weighted by Crippen LogP contribution is 2.27. The molecular formula is C20H20ClFN4O2. The third-order valence-corrected chi connectivity index (χ3v) is 4.69. The predicted molar refractivity (Wildman–Crippen MR) is 107 cm³/mol. The van der Waals surface area contributed by atoms with Gasteiger partial charge in [-0.2, -0.15) is 0 Å². The van der Waals surface area contributed by atoms with E-state index in [0.717, 1.165) is 5.56 Å². The number of hydrogen-bond donors (Lipinski definition) is 0. The SMILES string of the molecule is Cl.Cn1c(N2CCO[C@H](c3ccccc3F)C2)nc(-c2ccncc2)cc1=O. The summed E-state index contributed by atoms with van der Waals surface area (Å²) < 4.78 is 21.4. The van der Waals surface area contributed by atoms with E-state index in [-0.39, 0.29) is 23.8 Å². The van der Waals surface area contributed by atoms with Gasteiger partial charge < -0.3 is 9.64 Å². The molecule has 1 saturated heterocycles. The molecule has 146 valence electrons. The number of morpholine rings is 1. The van der Waals surface area contributed by atoms with E-state index in [0.29, 0.717) is 36.9 Å². The maximum Gasteiger partial charge on any atom is 0.255 e. The highest BCUT2D eigenvalue weighted by molar-refractivity contribution is 5.85. The third-order valence-electron chi connectivity index (χ3n) is 4.69. The number of nitrogens with zero attached hydrogens (tertiary/aromatic N) is 4. The Kier molecular flexibility index (Phi) is 6.06. The second-order valence-corrected chi connectivity index (χ2v) is 6.40. The minimum Gasteiger partial charge on any atom is -0.370 e. The highest BCUT2D eigenvalue weighted by atomic mass is 35.5. The molecule has 1 aliphatic rings. The maximum absolute atomic E-state index is 14.2. The molecule has 3 aromatic rings. The normalized spacial score (nSPS) is 16.5. The van der Waals surface area contributed by atoms with Gasteiger partial charge in [-0.3, -0.25) is 14.3 Å². The largest absolute Gasteiger partial charge is 0.370 e. The predicted octanol–water partition coefficient (Wildman–Crippen LogP) is 2.98. The van der Waals surface area contributed by atoms with E-state index >= 15 is 0 Å². The van der Waals surface area contributed by atoms with Crippen LogP contribution in [0.3, 0.4) is 0 Å². The lowest BCUT2D eigenvalue weighted by Crippen LogP contribution is -2.42. The first-order valence-corrected chi connectivity index (χ1v) is 8.73. The molecule has 28 heavy (non-hydrogen) atoms. The van der Waals surface area contributed by atoms with E-state index < -0.39 is 6.10 Å². The van der Waals surface area contributed by atoms with Gasteiger partial charge in [0, 0.05) is 43.2 Å². The summed E-state index contributed by atoms with van der Waals surface area (Å²) >= 11 is 0. The van der Waals surface area contributed by atoms with Crippen molar-refractivity contribution in [2.75, 3.05) is 24.6 Å². The summed E-state index contributed by atoms with van der Waals surface area (Å²) in [6.45, 7) is 1.42. The van der Waals surface area contributed by atoms with E-state index in [1.807, 2.05) is 17.0 Å². The van der Waals surface area contributed by atoms with Crippen molar-refractivity contribution >= 4 is 18.4 Å². The number of ether oxygens (including phenoxy) is 1. The average molecular weight is 403 g/mol. The minimum atomic E-state index is -0.415. The van der Waals surface area contributed by atoms with E-state index in [1.54, 1.807) is 37.6 Å². The molecule has 0 unspecified atom stereocenters. The zero-order valence-corrected chi connectivity index (χ0v) is 16.1. The highest BCUT2D eigenvalue weighted by Gasteiger charge is 2.26. The van der Waals surface area contributed by atoms with Crippen molar-refractivity contribution in [3.05, 3.63) is 76.6 Å². The first-order valence-electron chi connectivity index (χ1n) is 8.73. The monoisotopic (exact) mass is 402 g/mol. The summed E-state index contributed by atoms with van der Waals surface area (Å²) in [6.07, 6.45) is 2.91. The molecule has 1 aromatic carbocycles. The first kappa shape index (κ1) is 20.0. The molecule has 0 amide bonds. The minimum absolute atomic E-state index is 0. The zero-order chi connectivity index (χ0) is 18.8. The molecule has 1 aliphatic heterocycles. The van der Waals surface area contributed by atoms with Crippen LogP contribution in [0.5, 0.6) is 0 Å². The van der Waals surface area contributed by atoms with Gasteiger partial charge in [-0.15, -0.1) is 12.4 Å². The topological polar surface area (TPSA) is 60.2 Å². The van der Waals surface area contributed by atoms with Gasteiger partial charge in [-0.05, 0) is 18.2 Å². The fraction of sp³-hybridized carbons (Fsp3) is 0.250. The number of benzene rings is 1. The molecule has 0 saturated carbocycles. The van der Waals surface area contributed by atoms with E-state index in [2.05, 4.69) is 9.97 Å². The van der Waals surface area contributed by atoms with Crippen molar-refractivity contribution < 1.29 is 9.13 Å². The molecule has 0 bridgehead atoms. The Morgan fingerprint density at radius 1 is 1.18 bits per heavy atom. The molecule has 4 rings (SSSR count). The lowest BCUT2D eigenvalue weighted by Gasteiger charge is -2.34. The summed E-state index contributed by atoms with van der Waals surface area (Å²) in [4.78, 5) is 23.1. The van der Waals surface area contributed by atoms with Gasteiger partial charge in [0.2, 0.25) is 5.95 Å². The van der Waals surface area contributed by atoms with Crippen molar-refractivity contribution in [3.63, 3.8) is 0 Å². The van der Waals surface area contributed by atoms with Crippen LogP contribution in [0.2, 0.25) is 0 Å². The summed E-state index contributed by atoms with van der Waals surface area (Å²) in [5.41, 5.74) is 1.77. The summed E-state index contributed by atoms with van der Waals surface area (Å²) in [5.74, 6) is 0.246. The lowest BCUT2D eigenvalue weighted by atomic mass is 10.1. The molecular weight excluding hydrogens is 383 g/mol. The van der Waals surface area contributed by atoms with Crippen LogP contribution in [-0.4, -0.2) is 34.2 Å². The van der Waals surface area contributed by atoms with Crippen LogP contribution in [0.4, 0.5) is 10.3 Å². The molecule has 0 spiro atoms. The van der Waals surface area contributed by atoms with Gasteiger partial charge in [-0.25, -0.2) is 9.37 Å². The number of rotatable bonds is 3. The molecule has 8 heteroatoms. The van der Waals surface area contributed by atoms with Gasteiger partial charge in [-0.1, -0.05) is 18.2 Å². The van der Waals surface area contributed by atoms with Crippen molar-refractivity contribution in [1.29, 1.82) is 0 Å². The quantitative estimate of drug-likeness (QED) is 0.674. The molecule has 0 N–H and O–H groups in total. The first-order chi connectivity index (χ1) is 13.1. The number of halogens is 2. The number of hydrogen-bond acceptors (Lipinski definition) is 5. The maximum atomic E-state index is 14.2. The lowest BCUT2D eigenvalue weighted by molar-refractivity contribution is 0.0367. The molecule has 1 fully saturated rings. The third kappa shape index (κ3) is 3.90. The van der Waals surface area contributed by atoms with Gasteiger partial charge >= 0.3 is 0 Å². The molecule has 0 aliphatic carbocycles. The van der Waals surface area contributed by atoms with Crippen LogP contribution in [0, 0.1) is 5.82 Å². The second-order valence-electron chi connectivity index (χ2n) is 6.40. The molecule has 0 radical (unpaired) electrons. The Hall–Kier alpha value is -2.77. The van der Waals surface area contributed by atoms with Crippen LogP contribution in [0.15, 0.2) is 59.7 Å².